The molecule has 0 fully saturated rings. The Morgan fingerprint density at radius 3 is 2.38 bits per heavy atom. The molecule has 1 aliphatic rings. The van der Waals surface area contributed by atoms with Crippen LogP contribution in [0.15, 0.2) is 53.4 Å². The predicted molar refractivity (Wildman–Crippen MR) is 97.2 cm³/mol. The highest BCUT2D eigenvalue weighted by Crippen LogP contribution is 2.31. The fourth-order valence-electron chi connectivity index (χ4n) is 2.79. The fraction of sp³-hybridized carbons (Fsp3) is 0.316. The molecule has 0 spiro atoms. The third-order valence-corrected chi connectivity index (χ3v) is 6.18. The van der Waals surface area contributed by atoms with E-state index in [9.17, 15) is 13.2 Å². The number of carbonyl (C=O) groups is 1. The molecule has 0 amide bonds. The average Bonchev–Trinajstić information content (AvgIpc) is 2.65. The zero-order valence-electron chi connectivity index (χ0n) is 14.7. The van der Waals surface area contributed by atoms with Crippen LogP contribution in [0.5, 0.6) is 11.5 Å². The summed E-state index contributed by atoms with van der Waals surface area (Å²) < 4.78 is 38.7. The Kier molecular flexibility index (Phi) is 5.29. The minimum absolute atomic E-state index is 0.104. The van der Waals surface area contributed by atoms with E-state index in [1.165, 1.54) is 35.5 Å². The summed E-state index contributed by atoms with van der Waals surface area (Å²) in [7, 11) is -3.68. The van der Waals surface area contributed by atoms with Crippen molar-refractivity contribution < 1.29 is 22.7 Å². The van der Waals surface area contributed by atoms with Crippen molar-refractivity contribution in [1.82, 2.24) is 4.31 Å². The highest BCUT2D eigenvalue weighted by Gasteiger charge is 2.29. The normalized spacial score (nSPS) is 16.5. The van der Waals surface area contributed by atoms with Gasteiger partial charge in [0, 0.05) is 12.1 Å². The highest BCUT2D eigenvalue weighted by atomic mass is 32.2. The first-order valence-corrected chi connectivity index (χ1v) is 9.85. The number of para-hydroxylation sites is 2. The zero-order chi connectivity index (χ0) is 18.7. The highest BCUT2D eigenvalue weighted by molar-refractivity contribution is 7.89. The molecule has 0 N–H and O–H groups in total. The van der Waals surface area contributed by atoms with Gasteiger partial charge in [0.15, 0.2) is 17.3 Å². The number of rotatable bonds is 6. The van der Waals surface area contributed by atoms with Gasteiger partial charge in [-0.2, -0.15) is 4.31 Å². The molecule has 2 aromatic carbocycles. The largest absolute Gasteiger partial charge is 0.486 e. The standard InChI is InChI=1S/C19H21NO5S/c1-3-20(12-16-13-24-18-6-4-5-7-19(18)25-16)26(22,23)17-10-8-15(9-11-17)14(2)21/h4-11,16H,3,12-13H2,1-2H3/t16-/m1/s1. The summed E-state index contributed by atoms with van der Waals surface area (Å²) in [4.78, 5) is 11.5. The number of likely N-dealkylation sites (N-methyl/N-ethyl adjacent to an activating group) is 1. The molecular formula is C19H21NO5S. The average molecular weight is 375 g/mol. The van der Waals surface area contributed by atoms with Crippen molar-refractivity contribution in [1.29, 1.82) is 0 Å². The second-order valence-electron chi connectivity index (χ2n) is 6.03. The van der Waals surface area contributed by atoms with Gasteiger partial charge in [-0.25, -0.2) is 8.42 Å². The lowest BCUT2D eigenvalue weighted by Crippen LogP contribution is -2.43. The summed E-state index contributed by atoms with van der Waals surface area (Å²) in [6, 6.07) is 13.3. The van der Waals surface area contributed by atoms with E-state index < -0.39 is 16.1 Å². The van der Waals surface area contributed by atoms with Crippen molar-refractivity contribution in [3.8, 4) is 11.5 Å². The van der Waals surface area contributed by atoms with Crippen molar-refractivity contribution in [3.05, 3.63) is 54.1 Å². The number of carbonyl (C=O) groups excluding carboxylic acids is 1. The molecular weight excluding hydrogens is 354 g/mol. The first kappa shape index (κ1) is 18.4. The van der Waals surface area contributed by atoms with Crippen molar-refractivity contribution >= 4 is 15.8 Å². The van der Waals surface area contributed by atoms with Crippen molar-refractivity contribution in [3.63, 3.8) is 0 Å². The van der Waals surface area contributed by atoms with E-state index in [2.05, 4.69) is 0 Å². The molecule has 6 nitrogen and oxygen atoms in total. The zero-order valence-corrected chi connectivity index (χ0v) is 15.5. The summed E-state index contributed by atoms with van der Waals surface area (Å²) in [5.74, 6) is 1.17. The summed E-state index contributed by atoms with van der Waals surface area (Å²) in [5, 5.41) is 0. The SMILES string of the molecule is CCN(C[C@@H]1COc2ccccc2O1)S(=O)(=O)c1ccc(C(C)=O)cc1. The molecule has 1 heterocycles. The van der Waals surface area contributed by atoms with E-state index in [4.69, 9.17) is 9.47 Å². The fourth-order valence-corrected chi connectivity index (χ4v) is 4.27. The van der Waals surface area contributed by atoms with Gasteiger partial charge in [0.25, 0.3) is 0 Å². The van der Waals surface area contributed by atoms with Gasteiger partial charge in [0.2, 0.25) is 10.0 Å². The van der Waals surface area contributed by atoms with Gasteiger partial charge in [0.1, 0.15) is 12.7 Å². The number of hydrogen-bond donors (Lipinski definition) is 0. The maximum absolute atomic E-state index is 12.9. The molecule has 7 heteroatoms. The molecule has 1 aliphatic heterocycles. The van der Waals surface area contributed by atoms with Crippen LogP contribution in [0.25, 0.3) is 0 Å². The number of fused-ring (bicyclic) bond motifs is 1. The molecule has 0 radical (unpaired) electrons. The van der Waals surface area contributed by atoms with E-state index in [0.717, 1.165) is 0 Å². The number of ketones is 1. The quantitative estimate of drug-likeness (QED) is 0.726. The number of benzene rings is 2. The second-order valence-corrected chi connectivity index (χ2v) is 7.97. The monoisotopic (exact) mass is 375 g/mol. The molecule has 0 saturated heterocycles. The van der Waals surface area contributed by atoms with E-state index in [1.54, 1.807) is 13.0 Å². The Balaban J connectivity index is 1.76. The Labute approximate surface area is 153 Å². The van der Waals surface area contributed by atoms with Crippen LogP contribution in [-0.2, 0) is 10.0 Å². The van der Waals surface area contributed by atoms with E-state index >= 15 is 0 Å². The maximum Gasteiger partial charge on any atom is 0.243 e. The molecule has 0 aliphatic carbocycles. The lowest BCUT2D eigenvalue weighted by Gasteiger charge is -2.30. The van der Waals surface area contributed by atoms with Gasteiger partial charge < -0.3 is 9.47 Å². The molecule has 2 aromatic rings. The van der Waals surface area contributed by atoms with Crippen molar-refractivity contribution in [2.75, 3.05) is 19.7 Å². The van der Waals surface area contributed by atoms with Crippen LogP contribution in [0.3, 0.4) is 0 Å². The van der Waals surface area contributed by atoms with Crippen LogP contribution in [0, 0.1) is 0 Å². The van der Waals surface area contributed by atoms with Crippen LogP contribution in [0.2, 0.25) is 0 Å². The van der Waals surface area contributed by atoms with Crippen LogP contribution in [-0.4, -0.2) is 44.3 Å². The van der Waals surface area contributed by atoms with Crippen molar-refractivity contribution in [2.24, 2.45) is 0 Å². The minimum atomic E-state index is -3.68. The lowest BCUT2D eigenvalue weighted by molar-refractivity contribution is 0.0771. The molecule has 0 unspecified atom stereocenters. The third-order valence-electron chi connectivity index (χ3n) is 4.23. The lowest BCUT2D eigenvalue weighted by atomic mass is 10.2. The van der Waals surface area contributed by atoms with E-state index in [0.29, 0.717) is 23.6 Å². The predicted octanol–water partition coefficient (Wildman–Crippen LogP) is 2.74. The number of ether oxygens (including phenoxy) is 2. The van der Waals surface area contributed by atoms with Gasteiger partial charge in [-0.15, -0.1) is 0 Å². The van der Waals surface area contributed by atoms with E-state index in [1.807, 2.05) is 18.2 Å². The van der Waals surface area contributed by atoms with Gasteiger partial charge in [0.05, 0.1) is 11.4 Å². The molecule has 138 valence electrons. The van der Waals surface area contributed by atoms with E-state index in [-0.39, 0.29) is 23.8 Å². The third kappa shape index (κ3) is 3.73. The van der Waals surface area contributed by atoms with Crippen molar-refractivity contribution in [2.45, 2.75) is 24.8 Å². The Hall–Kier alpha value is -2.38. The summed E-state index contributed by atoms with van der Waals surface area (Å²) in [5.41, 5.74) is 0.479. The molecule has 0 bridgehead atoms. The molecule has 26 heavy (non-hydrogen) atoms. The van der Waals surface area contributed by atoms with Gasteiger partial charge in [-0.1, -0.05) is 31.2 Å². The molecule has 3 rings (SSSR count). The minimum Gasteiger partial charge on any atom is -0.486 e. The summed E-state index contributed by atoms with van der Waals surface area (Å²) in [6.45, 7) is 3.99. The van der Waals surface area contributed by atoms with Gasteiger partial charge in [-0.05, 0) is 31.2 Å². The Bertz CT molecular complexity index is 892. The molecule has 1 atom stereocenters. The van der Waals surface area contributed by atoms with Gasteiger partial charge >= 0.3 is 0 Å². The number of sulfonamides is 1. The first-order valence-electron chi connectivity index (χ1n) is 8.41. The van der Waals surface area contributed by atoms with Crippen LogP contribution < -0.4 is 9.47 Å². The van der Waals surface area contributed by atoms with Crippen LogP contribution >= 0.6 is 0 Å². The van der Waals surface area contributed by atoms with Crippen LogP contribution in [0.1, 0.15) is 24.2 Å². The molecule has 0 saturated carbocycles. The maximum atomic E-state index is 12.9. The molecule has 0 aromatic heterocycles. The summed E-state index contributed by atoms with van der Waals surface area (Å²) in [6.07, 6.45) is -0.392. The summed E-state index contributed by atoms with van der Waals surface area (Å²) >= 11 is 0. The smallest absolute Gasteiger partial charge is 0.243 e. The number of nitrogens with zero attached hydrogens (tertiary/aromatic N) is 1. The van der Waals surface area contributed by atoms with Crippen LogP contribution in [0.4, 0.5) is 0 Å². The second kappa shape index (κ2) is 7.47. The first-order chi connectivity index (χ1) is 12.4. The Morgan fingerprint density at radius 1 is 1.12 bits per heavy atom. The number of hydrogen-bond acceptors (Lipinski definition) is 5. The number of Topliss-reactive ketones (excluding diaryl/α,β-unsaturated/α-hetero) is 1. The van der Waals surface area contributed by atoms with Gasteiger partial charge in [-0.3, -0.25) is 4.79 Å². The topological polar surface area (TPSA) is 72.9 Å². The Morgan fingerprint density at radius 2 is 1.77 bits per heavy atom.